The Balaban J connectivity index is 1.83. The number of anilines is 1. The van der Waals surface area contributed by atoms with Gasteiger partial charge in [0.1, 0.15) is 6.10 Å². The van der Waals surface area contributed by atoms with Crippen LogP contribution in [0.2, 0.25) is 0 Å². The van der Waals surface area contributed by atoms with Gasteiger partial charge < -0.3 is 20.1 Å². The molecule has 23 heavy (non-hydrogen) atoms. The molecule has 1 aliphatic rings. The van der Waals surface area contributed by atoms with Crippen LogP contribution in [0.3, 0.4) is 0 Å². The second kappa shape index (κ2) is 9.65. The average Bonchev–Trinajstić information content (AvgIpc) is 2.59. The van der Waals surface area contributed by atoms with Crippen LogP contribution in [-0.4, -0.2) is 37.9 Å². The lowest BCUT2D eigenvalue weighted by Gasteiger charge is -2.24. The van der Waals surface area contributed by atoms with Crippen molar-refractivity contribution in [3.8, 4) is 0 Å². The Labute approximate surface area is 138 Å². The summed E-state index contributed by atoms with van der Waals surface area (Å²) in [6.07, 6.45) is 2.94. The summed E-state index contributed by atoms with van der Waals surface area (Å²) < 4.78 is 11.3. The monoisotopic (exact) mass is 320 g/mol. The van der Waals surface area contributed by atoms with E-state index in [0.717, 1.165) is 43.8 Å². The zero-order valence-corrected chi connectivity index (χ0v) is 14.1. The number of rotatable bonds is 8. The van der Waals surface area contributed by atoms with Gasteiger partial charge in [0.05, 0.1) is 12.7 Å². The second-order valence-electron chi connectivity index (χ2n) is 5.89. The van der Waals surface area contributed by atoms with E-state index >= 15 is 0 Å². The van der Waals surface area contributed by atoms with E-state index in [9.17, 15) is 4.79 Å². The van der Waals surface area contributed by atoms with Crippen molar-refractivity contribution in [1.82, 2.24) is 5.32 Å². The summed E-state index contributed by atoms with van der Waals surface area (Å²) in [5, 5.41) is 6.24. The maximum atomic E-state index is 12.3. The fraction of sp³-hybridized carbons (Fsp3) is 0.611. The molecule has 1 saturated heterocycles. The van der Waals surface area contributed by atoms with Crippen LogP contribution in [-0.2, 0) is 20.8 Å². The van der Waals surface area contributed by atoms with Crippen LogP contribution in [0, 0.1) is 0 Å². The van der Waals surface area contributed by atoms with Gasteiger partial charge in [0.15, 0.2) is 0 Å². The number of amides is 1. The van der Waals surface area contributed by atoms with E-state index in [2.05, 4.69) is 17.6 Å². The van der Waals surface area contributed by atoms with Crippen LogP contribution in [0.15, 0.2) is 24.3 Å². The van der Waals surface area contributed by atoms with Gasteiger partial charge in [-0.1, -0.05) is 25.1 Å². The first kappa shape index (κ1) is 17.9. The molecule has 2 unspecified atom stereocenters. The van der Waals surface area contributed by atoms with E-state index in [0.29, 0.717) is 6.61 Å². The van der Waals surface area contributed by atoms with E-state index in [-0.39, 0.29) is 12.0 Å². The molecule has 0 radical (unpaired) electrons. The minimum Gasteiger partial charge on any atom is -0.376 e. The summed E-state index contributed by atoms with van der Waals surface area (Å²) in [5.41, 5.74) is 1.91. The average molecular weight is 320 g/mol. The van der Waals surface area contributed by atoms with Gasteiger partial charge in [0.2, 0.25) is 0 Å². The molecule has 0 saturated carbocycles. The summed E-state index contributed by atoms with van der Waals surface area (Å²) in [6, 6.07) is 7.83. The molecular formula is C18H28N2O3. The number of hydrogen-bond donors (Lipinski definition) is 2. The van der Waals surface area contributed by atoms with Crippen molar-refractivity contribution in [2.24, 2.45) is 0 Å². The number of benzene rings is 1. The number of carbonyl (C=O) groups is 1. The van der Waals surface area contributed by atoms with Gasteiger partial charge in [-0.2, -0.15) is 0 Å². The largest absolute Gasteiger partial charge is 0.376 e. The van der Waals surface area contributed by atoms with E-state index in [4.69, 9.17) is 9.47 Å². The van der Waals surface area contributed by atoms with Crippen molar-refractivity contribution in [3.63, 3.8) is 0 Å². The first-order chi connectivity index (χ1) is 11.2. The molecule has 1 aliphatic heterocycles. The molecule has 0 spiro atoms. The highest BCUT2D eigenvalue weighted by molar-refractivity contribution is 5.94. The number of ether oxygens (including phenoxy) is 2. The van der Waals surface area contributed by atoms with Gasteiger partial charge in [-0.15, -0.1) is 0 Å². The standard InChI is InChI=1S/C18H28N2O3/c1-3-19-12-15-8-4-5-10-17(15)20-18(21)14(2)23-13-16-9-6-7-11-22-16/h4-5,8,10,14,16,19H,3,6-7,9,11-13H2,1-2H3,(H,20,21). The summed E-state index contributed by atoms with van der Waals surface area (Å²) in [4.78, 5) is 12.3. The molecule has 5 nitrogen and oxygen atoms in total. The summed E-state index contributed by atoms with van der Waals surface area (Å²) in [6.45, 7) is 6.75. The second-order valence-corrected chi connectivity index (χ2v) is 5.89. The van der Waals surface area contributed by atoms with Crippen molar-refractivity contribution in [3.05, 3.63) is 29.8 Å². The van der Waals surface area contributed by atoms with Crippen LogP contribution < -0.4 is 10.6 Å². The molecule has 1 fully saturated rings. The van der Waals surface area contributed by atoms with Crippen LogP contribution in [0.5, 0.6) is 0 Å². The quantitative estimate of drug-likeness (QED) is 0.773. The van der Waals surface area contributed by atoms with Crippen molar-refractivity contribution >= 4 is 11.6 Å². The maximum absolute atomic E-state index is 12.3. The van der Waals surface area contributed by atoms with Crippen molar-refractivity contribution in [1.29, 1.82) is 0 Å². The predicted molar refractivity (Wildman–Crippen MR) is 91.5 cm³/mol. The lowest BCUT2D eigenvalue weighted by molar-refractivity contribution is -0.130. The molecule has 2 N–H and O–H groups in total. The van der Waals surface area contributed by atoms with Gasteiger partial charge >= 0.3 is 0 Å². The number of hydrogen-bond acceptors (Lipinski definition) is 4. The van der Waals surface area contributed by atoms with Gasteiger partial charge in [-0.05, 0) is 44.4 Å². The Bertz CT molecular complexity index is 487. The molecular weight excluding hydrogens is 292 g/mol. The van der Waals surface area contributed by atoms with E-state index in [1.54, 1.807) is 6.92 Å². The Morgan fingerprint density at radius 3 is 2.96 bits per heavy atom. The topological polar surface area (TPSA) is 59.6 Å². The van der Waals surface area contributed by atoms with E-state index in [1.807, 2.05) is 24.3 Å². The molecule has 128 valence electrons. The molecule has 0 aliphatic carbocycles. The molecule has 1 amide bonds. The summed E-state index contributed by atoms with van der Waals surface area (Å²) in [7, 11) is 0. The molecule has 2 rings (SSSR count). The summed E-state index contributed by atoms with van der Waals surface area (Å²) >= 11 is 0. The minimum absolute atomic E-state index is 0.121. The third kappa shape index (κ3) is 5.94. The number of nitrogens with one attached hydrogen (secondary N) is 2. The predicted octanol–water partition coefficient (Wildman–Crippen LogP) is 2.71. The third-order valence-electron chi connectivity index (χ3n) is 4.02. The van der Waals surface area contributed by atoms with Gasteiger partial charge in [0, 0.05) is 18.8 Å². The fourth-order valence-corrected chi connectivity index (χ4v) is 2.56. The normalized spacial score (nSPS) is 19.3. The zero-order valence-electron chi connectivity index (χ0n) is 14.1. The molecule has 0 aromatic heterocycles. The lowest BCUT2D eigenvalue weighted by Crippen LogP contribution is -2.33. The van der Waals surface area contributed by atoms with Crippen LogP contribution >= 0.6 is 0 Å². The Morgan fingerprint density at radius 2 is 2.22 bits per heavy atom. The van der Waals surface area contributed by atoms with Crippen LogP contribution in [0.1, 0.15) is 38.7 Å². The first-order valence-electron chi connectivity index (χ1n) is 8.53. The van der Waals surface area contributed by atoms with Gasteiger partial charge in [-0.25, -0.2) is 0 Å². The highest BCUT2D eigenvalue weighted by Gasteiger charge is 2.19. The Hall–Kier alpha value is -1.43. The lowest BCUT2D eigenvalue weighted by atomic mass is 10.1. The number of carbonyl (C=O) groups excluding carboxylic acids is 1. The van der Waals surface area contributed by atoms with Crippen LogP contribution in [0.25, 0.3) is 0 Å². The van der Waals surface area contributed by atoms with Gasteiger partial charge in [-0.3, -0.25) is 4.79 Å². The van der Waals surface area contributed by atoms with Crippen molar-refractivity contribution in [2.45, 2.75) is 51.9 Å². The Kier molecular flexibility index (Phi) is 7.52. The highest BCUT2D eigenvalue weighted by Crippen LogP contribution is 2.16. The van der Waals surface area contributed by atoms with Crippen molar-refractivity contribution in [2.75, 3.05) is 25.1 Å². The number of para-hydroxylation sites is 1. The molecule has 1 aromatic carbocycles. The summed E-state index contributed by atoms with van der Waals surface area (Å²) in [5.74, 6) is -0.121. The molecule has 2 atom stereocenters. The molecule has 0 bridgehead atoms. The van der Waals surface area contributed by atoms with Gasteiger partial charge in [0.25, 0.3) is 5.91 Å². The highest BCUT2D eigenvalue weighted by atomic mass is 16.5. The minimum atomic E-state index is -0.493. The molecule has 1 aromatic rings. The molecule has 5 heteroatoms. The van der Waals surface area contributed by atoms with Crippen LogP contribution in [0.4, 0.5) is 5.69 Å². The van der Waals surface area contributed by atoms with Crippen molar-refractivity contribution < 1.29 is 14.3 Å². The third-order valence-corrected chi connectivity index (χ3v) is 4.02. The fourth-order valence-electron chi connectivity index (χ4n) is 2.56. The first-order valence-corrected chi connectivity index (χ1v) is 8.53. The Morgan fingerprint density at radius 1 is 1.39 bits per heavy atom. The van der Waals surface area contributed by atoms with E-state index in [1.165, 1.54) is 6.42 Å². The molecule has 1 heterocycles. The maximum Gasteiger partial charge on any atom is 0.253 e. The SMILES string of the molecule is CCNCc1ccccc1NC(=O)C(C)OCC1CCCCO1. The van der Waals surface area contributed by atoms with E-state index < -0.39 is 6.10 Å². The smallest absolute Gasteiger partial charge is 0.253 e. The zero-order chi connectivity index (χ0) is 16.5.